The lowest BCUT2D eigenvalue weighted by atomic mass is 9.72. The Balaban J connectivity index is 1.70. The van der Waals surface area contributed by atoms with Crippen molar-refractivity contribution in [1.82, 2.24) is 10.3 Å². The van der Waals surface area contributed by atoms with Crippen LogP contribution >= 0.6 is 11.3 Å². The predicted molar refractivity (Wildman–Crippen MR) is 103 cm³/mol. The molecule has 27 heavy (non-hydrogen) atoms. The van der Waals surface area contributed by atoms with Gasteiger partial charge in [0.15, 0.2) is 0 Å². The summed E-state index contributed by atoms with van der Waals surface area (Å²) in [5.41, 5.74) is 3.55. The van der Waals surface area contributed by atoms with Crippen LogP contribution in [0, 0.1) is 17.2 Å². The maximum atomic E-state index is 13.7. The summed E-state index contributed by atoms with van der Waals surface area (Å²) in [5, 5.41) is 0. The van der Waals surface area contributed by atoms with Gasteiger partial charge in [-0.2, -0.15) is 0 Å². The van der Waals surface area contributed by atoms with Crippen molar-refractivity contribution >= 4 is 27.3 Å². The Hall–Kier alpha value is -1.77. The largest absolute Gasteiger partial charge is 0.276 e. The number of carbonyl (C=O) groups is 1. The number of nitrogens with one attached hydrogen (secondary N) is 2. The Morgan fingerprint density at radius 2 is 1.96 bits per heavy atom. The van der Waals surface area contributed by atoms with E-state index in [2.05, 4.69) is 26.2 Å². The van der Waals surface area contributed by atoms with E-state index < -0.39 is 26.6 Å². The fourth-order valence-corrected chi connectivity index (χ4v) is 5.29. The Kier molecular flexibility index (Phi) is 5.42. The van der Waals surface area contributed by atoms with Gasteiger partial charge in [-0.15, -0.1) is 16.2 Å². The molecule has 1 aliphatic carbocycles. The number of thiophene rings is 1. The third-order valence-corrected chi connectivity index (χ3v) is 7.47. The number of fused-ring (bicyclic) bond motifs is 1. The second-order valence-corrected chi connectivity index (χ2v) is 10.6. The van der Waals surface area contributed by atoms with Crippen LogP contribution < -0.4 is 10.3 Å². The Morgan fingerprint density at radius 1 is 1.26 bits per heavy atom. The van der Waals surface area contributed by atoms with Crippen LogP contribution in [0.2, 0.25) is 0 Å². The van der Waals surface area contributed by atoms with Gasteiger partial charge < -0.3 is 0 Å². The zero-order valence-corrected chi connectivity index (χ0v) is 17.1. The van der Waals surface area contributed by atoms with Crippen LogP contribution in [0.1, 0.15) is 47.3 Å². The molecule has 8 heteroatoms. The van der Waals surface area contributed by atoms with Crippen LogP contribution in [0.4, 0.5) is 4.39 Å². The summed E-state index contributed by atoms with van der Waals surface area (Å²) in [6.07, 6.45) is 2.93. The molecule has 3 rings (SSSR count). The van der Waals surface area contributed by atoms with E-state index in [1.54, 1.807) is 0 Å². The van der Waals surface area contributed by atoms with Crippen LogP contribution in [-0.4, -0.2) is 14.3 Å². The summed E-state index contributed by atoms with van der Waals surface area (Å²) in [5.74, 6) is -0.865. The second-order valence-electron chi connectivity index (χ2n) is 7.85. The number of hydrazine groups is 1. The molecule has 1 aliphatic rings. The molecule has 0 spiro atoms. The molecule has 2 aromatic rings. The second kappa shape index (κ2) is 7.33. The quantitative estimate of drug-likeness (QED) is 0.756. The minimum Gasteiger partial charge on any atom is -0.273 e. The van der Waals surface area contributed by atoms with Gasteiger partial charge in [0, 0.05) is 4.88 Å². The molecule has 0 saturated carbocycles. The highest BCUT2D eigenvalue weighted by molar-refractivity contribution is 7.89. The highest BCUT2D eigenvalue weighted by Crippen LogP contribution is 2.40. The van der Waals surface area contributed by atoms with E-state index in [4.69, 9.17) is 0 Å². The molecule has 2 N–H and O–H groups in total. The van der Waals surface area contributed by atoms with Crippen molar-refractivity contribution in [2.24, 2.45) is 11.3 Å². The minimum absolute atomic E-state index is 0.206. The molecule has 1 unspecified atom stereocenters. The lowest BCUT2D eigenvalue weighted by Gasteiger charge is -2.33. The average molecular weight is 411 g/mol. The lowest BCUT2D eigenvalue weighted by Crippen LogP contribution is -2.41. The Morgan fingerprint density at radius 3 is 2.63 bits per heavy atom. The number of hydrogen-bond donors (Lipinski definition) is 2. The number of hydrogen-bond acceptors (Lipinski definition) is 4. The standard InChI is InChI=1S/C19H23FN2O3S2/c1-19(2,3)13-8-9-15-12(10-13)11-16(26-15)18(23)21-22-27(24,25)17-7-5-4-6-14(17)20/h4-7,11,13,22H,8-10H2,1-3H3,(H,21,23). The number of benzene rings is 1. The fraction of sp³-hybridized carbons (Fsp3) is 0.421. The first kappa shape index (κ1) is 20.0. The van der Waals surface area contributed by atoms with Crippen molar-refractivity contribution in [3.8, 4) is 0 Å². The molecule has 146 valence electrons. The molecule has 1 amide bonds. The van der Waals surface area contributed by atoms with E-state index in [1.807, 2.05) is 10.9 Å². The van der Waals surface area contributed by atoms with Gasteiger partial charge in [-0.25, -0.2) is 12.8 Å². The third-order valence-electron chi connectivity index (χ3n) is 4.96. The summed E-state index contributed by atoms with van der Waals surface area (Å²) >= 11 is 1.38. The summed E-state index contributed by atoms with van der Waals surface area (Å²) in [6.45, 7) is 6.67. The number of halogens is 1. The van der Waals surface area contributed by atoms with Gasteiger partial charge in [0.2, 0.25) is 0 Å². The maximum absolute atomic E-state index is 13.7. The minimum atomic E-state index is -4.18. The van der Waals surface area contributed by atoms with E-state index in [-0.39, 0.29) is 5.41 Å². The van der Waals surface area contributed by atoms with Crippen LogP contribution in [0.3, 0.4) is 0 Å². The number of aryl methyl sites for hydroxylation is 1. The van der Waals surface area contributed by atoms with Crippen molar-refractivity contribution in [2.75, 3.05) is 0 Å². The van der Waals surface area contributed by atoms with Crippen molar-refractivity contribution in [1.29, 1.82) is 0 Å². The molecule has 5 nitrogen and oxygen atoms in total. The molecular formula is C19H23FN2O3S2. The molecule has 0 aliphatic heterocycles. The number of amides is 1. The Bertz CT molecular complexity index is 962. The van der Waals surface area contributed by atoms with E-state index in [0.717, 1.165) is 37.0 Å². The molecule has 1 atom stereocenters. The molecule has 0 radical (unpaired) electrons. The van der Waals surface area contributed by atoms with E-state index in [0.29, 0.717) is 10.8 Å². The fourth-order valence-electron chi connectivity index (χ4n) is 3.27. The van der Waals surface area contributed by atoms with Gasteiger partial charge in [-0.3, -0.25) is 10.2 Å². The Labute approximate surface area is 163 Å². The normalized spacial score (nSPS) is 17.4. The number of sulfonamides is 1. The smallest absolute Gasteiger partial charge is 0.273 e. The van der Waals surface area contributed by atoms with E-state index in [1.165, 1.54) is 28.3 Å². The summed E-state index contributed by atoms with van der Waals surface area (Å²) in [7, 11) is -4.18. The first-order valence-corrected chi connectivity index (χ1v) is 11.1. The third kappa shape index (κ3) is 4.39. The van der Waals surface area contributed by atoms with Crippen molar-refractivity contribution in [3.63, 3.8) is 0 Å². The summed E-state index contributed by atoms with van der Waals surface area (Å²) in [6, 6.07) is 6.84. The van der Waals surface area contributed by atoms with Crippen LogP contribution in [0.25, 0.3) is 0 Å². The molecule has 0 saturated heterocycles. The predicted octanol–water partition coefficient (Wildman–Crippen LogP) is 3.66. The molecule has 1 aromatic heterocycles. The van der Waals surface area contributed by atoms with Crippen molar-refractivity contribution in [3.05, 3.63) is 51.5 Å². The van der Waals surface area contributed by atoms with Crippen LogP contribution in [0.15, 0.2) is 35.2 Å². The first-order chi connectivity index (χ1) is 12.6. The van der Waals surface area contributed by atoms with Crippen molar-refractivity contribution < 1.29 is 17.6 Å². The zero-order chi connectivity index (χ0) is 19.8. The SMILES string of the molecule is CC(C)(C)C1CCc2sc(C(=O)NNS(=O)(=O)c3ccccc3F)cc2C1. The molecule has 1 aromatic carbocycles. The highest BCUT2D eigenvalue weighted by atomic mass is 32.2. The number of rotatable bonds is 4. The number of carbonyl (C=O) groups excluding carboxylic acids is 1. The van der Waals surface area contributed by atoms with Gasteiger partial charge >= 0.3 is 0 Å². The molecule has 1 heterocycles. The van der Waals surface area contributed by atoms with Gasteiger partial charge in [0.1, 0.15) is 10.7 Å². The lowest BCUT2D eigenvalue weighted by molar-refractivity contribution is 0.0949. The van der Waals surface area contributed by atoms with Crippen LogP contribution in [-0.2, 0) is 22.9 Å². The first-order valence-electron chi connectivity index (χ1n) is 8.76. The topological polar surface area (TPSA) is 75.3 Å². The zero-order valence-electron chi connectivity index (χ0n) is 15.5. The van der Waals surface area contributed by atoms with Gasteiger partial charge in [-0.1, -0.05) is 32.9 Å². The highest BCUT2D eigenvalue weighted by Gasteiger charge is 2.30. The van der Waals surface area contributed by atoms with Gasteiger partial charge in [-0.05, 0) is 54.4 Å². The molecule has 0 bridgehead atoms. The summed E-state index contributed by atoms with van der Waals surface area (Å²) in [4.78, 5) is 15.5. The molecular weight excluding hydrogens is 387 g/mol. The van der Waals surface area contributed by atoms with Crippen LogP contribution in [0.5, 0.6) is 0 Å². The molecule has 0 fully saturated rings. The average Bonchev–Trinajstić information content (AvgIpc) is 3.02. The van der Waals surface area contributed by atoms with Gasteiger partial charge in [0.25, 0.3) is 15.9 Å². The maximum Gasteiger partial charge on any atom is 0.276 e. The van der Waals surface area contributed by atoms with Crippen molar-refractivity contribution in [2.45, 2.75) is 44.9 Å². The monoisotopic (exact) mass is 410 g/mol. The van der Waals surface area contributed by atoms with E-state index >= 15 is 0 Å². The van der Waals surface area contributed by atoms with Gasteiger partial charge in [0.05, 0.1) is 4.88 Å². The van der Waals surface area contributed by atoms with E-state index in [9.17, 15) is 17.6 Å². The summed E-state index contributed by atoms with van der Waals surface area (Å²) < 4.78 is 38.0.